The van der Waals surface area contributed by atoms with E-state index in [1.807, 2.05) is 11.3 Å². The van der Waals surface area contributed by atoms with Gasteiger partial charge in [-0.25, -0.2) is 0 Å². The van der Waals surface area contributed by atoms with E-state index in [0.717, 1.165) is 6.42 Å². The van der Waals surface area contributed by atoms with Crippen molar-refractivity contribution in [1.29, 1.82) is 0 Å². The van der Waals surface area contributed by atoms with Crippen molar-refractivity contribution in [2.24, 2.45) is 5.73 Å². The van der Waals surface area contributed by atoms with Crippen LogP contribution in [0.2, 0.25) is 0 Å². The molecule has 0 radical (unpaired) electrons. The Bertz CT molecular complexity index is 162. The van der Waals surface area contributed by atoms with Crippen LogP contribution in [0.25, 0.3) is 0 Å². The molecule has 0 atom stereocenters. The zero-order valence-electron chi connectivity index (χ0n) is 5.55. The van der Waals surface area contributed by atoms with Crippen LogP contribution in [0.1, 0.15) is 16.7 Å². The maximum Gasteiger partial charge on any atom is 0.0273 e. The van der Waals surface area contributed by atoms with Crippen molar-refractivity contribution in [3.8, 4) is 0 Å². The summed E-state index contributed by atoms with van der Waals surface area (Å²) < 4.78 is 0. The number of hydrogen-bond acceptors (Lipinski definition) is 2. The monoisotopic (exact) mass is 141 g/mol. The Labute approximate surface area is 59.5 Å². The minimum atomic E-state index is 0.685. The third kappa shape index (κ3) is 1.53. The van der Waals surface area contributed by atoms with Gasteiger partial charge in [-0.05, 0) is 18.6 Å². The van der Waals surface area contributed by atoms with E-state index >= 15 is 0 Å². The Hall–Kier alpha value is -0.340. The fourth-order valence-corrected chi connectivity index (χ4v) is 1.56. The Morgan fingerprint density at radius 1 is 1.44 bits per heavy atom. The third-order valence-electron chi connectivity index (χ3n) is 1.27. The van der Waals surface area contributed by atoms with Crippen LogP contribution in [0.4, 0.5) is 0 Å². The smallest absolute Gasteiger partial charge is 0.0273 e. The highest BCUT2D eigenvalue weighted by Gasteiger charge is 1.93. The van der Waals surface area contributed by atoms with Gasteiger partial charge >= 0.3 is 0 Å². The van der Waals surface area contributed by atoms with Crippen LogP contribution in [-0.4, -0.2) is 0 Å². The molecule has 50 valence electrons. The van der Waals surface area contributed by atoms with Crippen LogP contribution in [-0.2, 0) is 13.0 Å². The maximum atomic E-state index is 5.43. The highest BCUT2D eigenvalue weighted by molar-refractivity contribution is 7.11. The zero-order chi connectivity index (χ0) is 6.69. The topological polar surface area (TPSA) is 26.0 Å². The Morgan fingerprint density at radius 2 is 2.11 bits per heavy atom. The molecule has 0 aliphatic carbocycles. The van der Waals surface area contributed by atoms with E-state index in [0.29, 0.717) is 6.54 Å². The van der Waals surface area contributed by atoms with Crippen LogP contribution in [0.5, 0.6) is 0 Å². The first kappa shape index (κ1) is 6.78. The Morgan fingerprint density at radius 3 is 2.44 bits per heavy atom. The van der Waals surface area contributed by atoms with Crippen molar-refractivity contribution >= 4 is 11.3 Å². The lowest BCUT2D eigenvalue weighted by Crippen LogP contribution is -1.91. The molecule has 2 N–H and O–H groups in total. The van der Waals surface area contributed by atoms with Crippen LogP contribution in [0.15, 0.2) is 12.1 Å². The van der Waals surface area contributed by atoms with E-state index in [2.05, 4.69) is 19.1 Å². The van der Waals surface area contributed by atoms with Crippen molar-refractivity contribution in [3.63, 3.8) is 0 Å². The van der Waals surface area contributed by atoms with E-state index in [9.17, 15) is 0 Å². The summed E-state index contributed by atoms with van der Waals surface area (Å²) in [6, 6.07) is 4.25. The molecule has 1 aromatic rings. The van der Waals surface area contributed by atoms with E-state index in [1.165, 1.54) is 9.75 Å². The predicted octanol–water partition coefficient (Wildman–Crippen LogP) is 1.77. The summed E-state index contributed by atoms with van der Waals surface area (Å²) >= 11 is 1.81. The summed E-state index contributed by atoms with van der Waals surface area (Å²) in [4.78, 5) is 2.71. The SMILES string of the molecule is CCc1ccc(CN)s1. The molecule has 0 amide bonds. The largest absolute Gasteiger partial charge is 0.326 e. The van der Waals surface area contributed by atoms with Crippen molar-refractivity contribution in [2.45, 2.75) is 19.9 Å². The molecule has 2 heteroatoms. The molecular weight excluding hydrogens is 130 g/mol. The zero-order valence-corrected chi connectivity index (χ0v) is 6.37. The molecule has 9 heavy (non-hydrogen) atoms. The average molecular weight is 141 g/mol. The standard InChI is InChI=1S/C7H11NS/c1-2-6-3-4-7(5-8)9-6/h3-4H,2,5,8H2,1H3. The number of nitrogens with two attached hydrogens (primary N) is 1. The molecule has 0 spiro atoms. The minimum Gasteiger partial charge on any atom is -0.326 e. The Balaban J connectivity index is 2.74. The summed E-state index contributed by atoms with van der Waals surface area (Å²) in [6.07, 6.45) is 1.13. The van der Waals surface area contributed by atoms with Crippen LogP contribution in [0, 0.1) is 0 Å². The highest BCUT2D eigenvalue weighted by atomic mass is 32.1. The predicted molar refractivity (Wildman–Crippen MR) is 41.6 cm³/mol. The molecule has 1 aromatic heterocycles. The molecule has 0 bridgehead atoms. The summed E-state index contributed by atoms with van der Waals surface area (Å²) in [6.45, 7) is 2.84. The lowest BCUT2D eigenvalue weighted by atomic mass is 10.4. The molecule has 0 aliphatic heterocycles. The summed E-state index contributed by atoms with van der Waals surface area (Å²) in [5.41, 5.74) is 5.43. The molecule has 1 nitrogen and oxygen atoms in total. The summed E-state index contributed by atoms with van der Waals surface area (Å²) in [7, 11) is 0. The second kappa shape index (κ2) is 2.99. The first-order chi connectivity index (χ1) is 4.36. The first-order valence-corrected chi connectivity index (χ1v) is 3.96. The second-order valence-corrected chi connectivity index (χ2v) is 3.18. The number of aryl methyl sites for hydroxylation is 1. The van der Waals surface area contributed by atoms with Gasteiger partial charge in [0.05, 0.1) is 0 Å². The molecular formula is C7H11NS. The molecule has 0 saturated carbocycles. The molecule has 0 fully saturated rings. The van der Waals surface area contributed by atoms with Crippen molar-refractivity contribution in [3.05, 3.63) is 21.9 Å². The van der Waals surface area contributed by atoms with E-state index in [-0.39, 0.29) is 0 Å². The molecule has 0 aromatic carbocycles. The van der Waals surface area contributed by atoms with Crippen molar-refractivity contribution in [2.75, 3.05) is 0 Å². The fraction of sp³-hybridized carbons (Fsp3) is 0.429. The van der Waals surface area contributed by atoms with E-state index in [1.54, 1.807) is 0 Å². The normalized spacial score (nSPS) is 10.0. The minimum absolute atomic E-state index is 0.685. The van der Waals surface area contributed by atoms with Crippen molar-refractivity contribution in [1.82, 2.24) is 0 Å². The van der Waals surface area contributed by atoms with Gasteiger partial charge in [-0.1, -0.05) is 6.92 Å². The number of rotatable bonds is 2. The Kier molecular flexibility index (Phi) is 2.25. The number of thiophene rings is 1. The van der Waals surface area contributed by atoms with Gasteiger partial charge in [0.15, 0.2) is 0 Å². The second-order valence-electron chi connectivity index (χ2n) is 1.93. The molecule has 0 unspecified atom stereocenters. The lowest BCUT2D eigenvalue weighted by Gasteiger charge is -1.84. The molecule has 0 saturated heterocycles. The quantitative estimate of drug-likeness (QED) is 0.667. The van der Waals surface area contributed by atoms with E-state index in [4.69, 9.17) is 5.73 Å². The molecule has 0 aliphatic rings. The van der Waals surface area contributed by atoms with Crippen LogP contribution < -0.4 is 5.73 Å². The summed E-state index contributed by atoms with van der Waals surface area (Å²) in [5, 5.41) is 0. The van der Waals surface area contributed by atoms with Gasteiger partial charge in [-0.2, -0.15) is 0 Å². The van der Waals surface area contributed by atoms with Gasteiger partial charge in [0, 0.05) is 16.3 Å². The summed E-state index contributed by atoms with van der Waals surface area (Å²) in [5.74, 6) is 0. The highest BCUT2D eigenvalue weighted by Crippen LogP contribution is 2.15. The van der Waals surface area contributed by atoms with Crippen molar-refractivity contribution < 1.29 is 0 Å². The average Bonchev–Trinajstić information content (AvgIpc) is 2.34. The van der Waals surface area contributed by atoms with Gasteiger partial charge < -0.3 is 5.73 Å². The fourth-order valence-electron chi connectivity index (χ4n) is 0.722. The van der Waals surface area contributed by atoms with Gasteiger partial charge in [-0.15, -0.1) is 11.3 Å². The van der Waals surface area contributed by atoms with Gasteiger partial charge in [-0.3, -0.25) is 0 Å². The van der Waals surface area contributed by atoms with Crippen LogP contribution in [0.3, 0.4) is 0 Å². The van der Waals surface area contributed by atoms with Gasteiger partial charge in [0.25, 0.3) is 0 Å². The van der Waals surface area contributed by atoms with E-state index < -0.39 is 0 Å². The molecule has 1 heterocycles. The van der Waals surface area contributed by atoms with Gasteiger partial charge in [0.1, 0.15) is 0 Å². The lowest BCUT2D eigenvalue weighted by molar-refractivity contribution is 1.11. The maximum absolute atomic E-state index is 5.43. The number of hydrogen-bond donors (Lipinski definition) is 1. The molecule has 1 rings (SSSR count). The van der Waals surface area contributed by atoms with Crippen LogP contribution >= 0.6 is 11.3 Å². The third-order valence-corrected chi connectivity index (χ3v) is 2.52. The first-order valence-electron chi connectivity index (χ1n) is 3.14. The van der Waals surface area contributed by atoms with Gasteiger partial charge in [0.2, 0.25) is 0 Å².